The van der Waals surface area contributed by atoms with Gasteiger partial charge in [0, 0.05) is 19.1 Å². The number of hydrogen-bond donors (Lipinski definition) is 1. The van der Waals surface area contributed by atoms with Crippen molar-refractivity contribution in [2.75, 3.05) is 13.1 Å². The number of nitrogens with zero attached hydrogens (tertiary/aromatic N) is 1. The summed E-state index contributed by atoms with van der Waals surface area (Å²) in [6, 6.07) is 9.74. The van der Waals surface area contributed by atoms with Gasteiger partial charge in [-0.1, -0.05) is 51.0 Å². The van der Waals surface area contributed by atoms with Crippen molar-refractivity contribution in [2.45, 2.75) is 65.1 Å². The summed E-state index contributed by atoms with van der Waals surface area (Å²) in [4.78, 5) is 2.72. The first kappa shape index (κ1) is 15.5. The maximum absolute atomic E-state index is 3.46. The molecular formula is C18H30N2. The fourth-order valence-electron chi connectivity index (χ4n) is 3.29. The number of nitrogens with one attached hydrogen (secondary N) is 1. The van der Waals surface area contributed by atoms with E-state index in [9.17, 15) is 0 Å². The maximum atomic E-state index is 3.46. The molecule has 1 unspecified atom stereocenters. The van der Waals surface area contributed by atoms with E-state index in [1.165, 1.54) is 49.8 Å². The zero-order chi connectivity index (χ0) is 14.2. The Kier molecular flexibility index (Phi) is 6.55. The van der Waals surface area contributed by atoms with Crippen molar-refractivity contribution in [2.24, 2.45) is 0 Å². The first-order valence-corrected chi connectivity index (χ1v) is 8.36. The number of likely N-dealkylation sites (tertiary alicyclic amines) is 1. The van der Waals surface area contributed by atoms with Crippen LogP contribution in [-0.2, 0) is 13.1 Å². The summed E-state index contributed by atoms with van der Waals surface area (Å²) >= 11 is 0. The quantitative estimate of drug-likeness (QED) is 0.810. The fraction of sp³-hybridized carbons (Fsp3) is 0.667. The summed E-state index contributed by atoms with van der Waals surface area (Å²) in [5.41, 5.74) is 2.98. The second-order valence-corrected chi connectivity index (χ2v) is 5.96. The number of rotatable bonds is 7. The summed E-state index contributed by atoms with van der Waals surface area (Å²) in [5, 5.41) is 3.46. The maximum Gasteiger partial charge on any atom is 0.0239 e. The van der Waals surface area contributed by atoms with Gasteiger partial charge in [0.15, 0.2) is 0 Å². The first-order chi connectivity index (χ1) is 9.85. The van der Waals surface area contributed by atoms with Gasteiger partial charge in [0.05, 0.1) is 0 Å². The molecule has 1 aromatic carbocycles. The molecule has 0 spiro atoms. The zero-order valence-corrected chi connectivity index (χ0v) is 13.2. The number of hydrogen-bond acceptors (Lipinski definition) is 2. The van der Waals surface area contributed by atoms with Crippen LogP contribution in [0, 0.1) is 0 Å². The van der Waals surface area contributed by atoms with Gasteiger partial charge in [-0.3, -0.25) is 4.90 Å². The average Bonchev–Trinajstić information content (AvgIpc) is 2.49. The van der Waals surface area contributed by atoms with Crippen molar-refractivity contribution in [1.82, 2.24) is 10.2 Å². The van der Waals surface area contributed by atoms with Crippen molar-refractivity contribution >= 4 is 0 Å². The Bertz CT molecular complexity index is 387. The second kappa shape index (κ2) is 8.43. The van der Waals surface area contributed by atoms with E-state index in [4.69, 9.17) is 0 Å². The van der Waals surface area contributed by atoms with E-state index in [2.05, 4.69) is 48.3 Å². The van der Waals surface area contributed by atoms with Crippen LogP contribution < -0.4 is 5.32 Å². The minimum Gasteiger partial charge on any atom is -0.313 e. The molecule has 1 heterocycles. The van der Waals surface area contributed by atoms with Gasteiger partial charge in [0.25, 0.3) is 0 Å². The van der Waals surface area contributed by atoms with Crippen LogP contribution in [0.25, 0.3) is 0 Å². The van der Waals surface area contributed by atoms with Crippen molar-refractivity contribution in [3.63, 3.8) is 0 Å². The Labute approximate surface area is 124 Å². The van der Waals surface area contributed by atoms with Gasteiger partial charge >= 0.3 is 0 Å². The average molecular weight is 274 g/mol. The van der Waals surface area contributed by atoms with Gasteiger partial charge in [-0.15, -0.1) is 0 Å². The van der Waals surface area contributed by atoms with Crippen molar-refractivity contribution in [3.8, 4) is 0 Å². The molecule has 0 aromatic heterocycles. The van der Waals surface area contributed by atoms with E-state index in [-0.39, 0.29) is 0 Å². The smallest absolute Gasteiger partial charge is 0.0239 e. The number of benzene rings is 1. The lowest BCUT2D eigenvalue weighted by molar-refractivity contribution is 0.131. The van der Waals surface area contributed by atoms with Crippen LogP contribution in [-0.4, -0.2) is 24.0 Å². The Morgan fingerprint density at radius 2 is 1.95 bits per heavy atom. The molecule has 0 bridgehead atoms. The molecule has 0 radical (unpaired) electrons. The molecule has 1 saturated heterocycles. The van der Waals surface area contributed by atoms with Crippen LogP contribution in [0.1, 0.15) is 57.1 Å². The molecular weight excluding hydrogens is 244 g/mol. The number of piperidine rings is 1. The summed E-state index contributed by atoms with van der Waals surface area (Å²) < 4.78 is 0. The highest BCUT2D eigenvalue weighted by molar-refractivity contribution is 5.27. The molecule has 2 rings (SSSR count). The molecule has 1 aliphatic heterocycles. The molecule has 0 amide bonds. The minimum atomic E-state index is 0.806. The largest absolute Gasteiger partial charge is 0.313 e. The highest BCUT2D eigenvalue weighted by Crippen LogP contribution is 2.24. The fourth-order valence-corrected chi connectivity index (χ4v) is 3.29. The van der Waals surface area contributed by atoms with Crippen molar-refractivity contribution in [1.29, 1.82) is 0 Å². The Balaban J connectivity index is 2.03. The van der Waals surface area contributed by atoms with Gasteiger partial charge < -0.3 is 5.32 Å². The molecule has 0 saturated carbocycles. The highest BCUT2D eigenvalue weighted by Gasteiger charge is 2.22. The van der Waals surface area contributed by atoms with Crippen LogP contribution in [0.15, 0.2) is 24.3 Å². The molecule has 1 aliphatic rings. The van der Waals surface area contributed by atoms with Crippen molar-refractivity contribution in [3.05, 3.63) is 35.4 Å². The molecule has 20 heavy (non-hydrogen) atoms. The Morgan fingerprint density at radius 3 is 2.70 bits per heavy atom. The molecule has 2 nitrogen and oxygen atoms in total. The Morgan fingerprint density at radius 1 is 1.15 bits per heavy atom. The van der Waals surface area contributed by atoms with Gasteiger partial charge in [0.1, 0.15) is 0 Å². The third-order valence-electron chi connectivity index (χ3n) is 4.43. The van der Waals surface area contributed by atoms with Crippen molar-refractivity contribution < 1.29 is 0 Å². The Hall–Kier alpha value is -0.860. The summed E-state index contributed by atoms with van der Waals surface area (Å²) in [5.74, 6) is 0. The molecule has 1 aromatic rings. The van der Waals surface area contributed by atoms with Gasteiger partial charge in [-0.2, -0.15) is 0 Å². The molecule has 0 aliphatic carbocycles. The lowest BCUT2D eigenvalue weighted by Gasteiger charge is -2.36. The SMILES string of the molecule is CCCC1CCCCN1Cc1ccccc1CNCC. The van der Waals surface area contributed by atoms with Crippen LogP contribution in [0.3, 0.4) is 0 Å². The van der Waals surface area contributed by atoms with E-state index in [1.54, 1.807) is 0 Å². The summed E-state index contributed by atoms with van der Waals surface area (Å²) in [6.07, 6.45) is 6.84. The third-order valence-corrected chi connectivity index (χ3v) is 4.43. The lowest BCUT2D eigenvalue weighted by atomic mass is 9.96. The normalized spacial score (nSPS) is 20.2. The summed E-state index contributed by atoms with van der Waals surface area (Å²) in [6.45, 7) is 8.93. The molecule has 112 valence electrons. The van der Waals surface area contributed by atoms with Gasteiger partial charge in [-0.05, 0) is 43.5 Å². The van der Waals surface area contributed by atoms with Crippen LogP contribution >= 0.6 is 0 Å². The van der Waals surface area contributed by atoms with E-state index >= 15 is 0 Å². The zero-order valence-electron chi connectivity index (χ0n) is 13.2. The van der Waals surface area contributed by atoms with Gasteiger partial charge in [-0.25, -0.2) is 0 Å². The topological polar surface area (TPSA) is 15.3 Å². The third kappa shape index (κ3) is 4.32. The summed E-state index contributed by atoms with van der Waals surface area (Å²) in [7, 11) is 0. The van der Waals surface area contributed by atoms with Crippen LogP contribution in [0.5, 0.6) is 0 Å². The van der Waals surface area contributed by atoms with E-state index in [0.717, 1.165) is 25.7 Å². The standard InChI is InChI=1S/C18H30N2/c1-3-9-18-12-7-8-13-20(18)15-17-11-6-5-10-16(17)14-19-4-2/h5-6,10-11,18-19H,3-4,7-9,12-15H2,1-2H3. The van der Waals surface area contributed by atoms with Gasteiger partial charge in [0.2, 0.25) is 0 Å². The lowest BCUT2D eigenvalue weighted by Crippen LogP contribution is -2.39. The van der Waals surface area contributed by atoms with E-state index < -0.39 is 0 Å². The molecule has 1 atom stereocenters. The van der Waals surface area contributed by atoms with E-state index in [0.29, 0.717) is 0 Å². The predicted octanol–water partition coefficient (Wildman–Crippen LogP) is 3.95. The molecule has 1 fully saturated rings. The highest BCUT2D eigenvalue weighted by atomic mass is 15.2. The first-order valence-electron chi connectivity index (χ1n) is 8.36. The van der Waals surface area contributed by atoms with Crippen LogP contribution in [0.2, 0.25) is 0 Å². The minimum absolute atomic E-state index is 0.806. The predicted molar refractivity (Wildman–Crippen MR) is 86.8 cm³/mol. The monoisotopic (exact) mass is 274 g/mol. The second-order valence-electron chi connectivity index (χ2n) is 5.96. The van der Waals surface area contributed by atoms with Crippen LogP contribution in [0.4, 0.5) is 0 Å². The molecule has 2 heteroatoms. The molecule has 1 N–H and O–H groups in total. The van der Waals surface area contributed by atoms with E-state index in [1.807, 2.05) is 0 Å².